The molecule has 1 unspecified atom stereocenters. The van der Waals surface area contributed by atoms with Crippen molar-refractivity contribution in [2.45, 2.75) is 13.5 Å². The van der Waals surface area contributed by atoms with E-state index in [9.17, 15) is 4.21 Å². The zero-order chi connectivity index (χ0) is 22.8. The van der Waals surface area contributed by atoms with Crippen LogP contribution in [0.4, 0.5) is 11.8 Å². The molecular weight excluding hydrogens is 442 g/mol. The van der Waals surface area contributed by atoms with Crippen LogP contribution in [-0.2, 0) is 22.3 Å². The molecule has 0 aromatic carbocycles. The van der Waals surface area contributed by atoms with Crippen LogP contribution in [0.2, 0.25) is 0 Å². The van der Waals surface area contributed by atoms with E-state index < -0.39 is 11.0 Å². The van der Waals surface area contributed by atoms with Crippen molar-refractivity contribution < 1.29 is 8.95 Å². The fourth-order valence-electron chi connectivity index (χ4n) is 4.24. The number of anilines is 2. The molecule has 0 spiro atoms. The van der Waals surface area contributed by atoms with Crippen molar-refractivity contribution in [1.29, 1.82) is 0 Å². The number of nitrogen functional groups attached to an aromatic ring is 1. The Morgan fingerprint density at radius 2 is 1.82 bits per heavy atom. The first-order valence-electron chi connectivity index (χ1n) is 11.3. The lowest BCUT2D eigenvalue weighted by atomic mass is 10.2. The van der Waals surface area contributed by atoms with Gasteiger partial charge in [0.15, 0.2) is 11.6 Å². The van der Waals surface area contributed by atoms with Gasteiger partial charge in [0.2, 0.25) is 5.95 Å². The minimum Gasteiger partial charge on any atom is -0.378 e. The van der Waals surface area contributed by atoms with Crippen molar-refractivity contribution in [3.05, 3.63) is 30.2 Å². The third kappa shape index (κ3) is 4.83. The molecular formula is C21H29N9O2S. The minimum absolute atomic E-state index is 0.222. The maximum absolute atomic E-state index is 12.1. The quantitative estimate of drug-likeness (QED) is 0.545. The maximum atomic E-state index is 12.1. The second-order valence-corrected chi connectivity index (χ2v) is 9.92. The average molecular weight is 472 g/mol. The molecule has 1 atom stereocenters. The Kier molecular flexibility index (Phi) is 6.49. The Balaban J connectivity index is 1.43. The van der Waals surface area contributed by atoms with Crippen molar-refractivity contribution in [2.24, 2.45) is 0 Å². The number of ether oxygens (including phenoxy) is 1. The Morgan fingerprint density at radius 1 is 1.09 bits per heavy atom. The van der Waals surface area contributed by atoms with E-state index in [1.54, 1.807) is 12.4 Å². The molecule has 5 rings (SSSR count). The maximum Gasteiger partial charge on any atom is 0.219 e. The smallest absolute Gasteiger partial charge is 0.219 e. The average Bonchev–Trinajstić information content (AvgIpc) is 3.26. The molecule has 3 aromatic heterocycles. The molecule has 5 heterocycles. The van der Waals surface area contributed by atoms with Crippen LogP contribution in [0.3, 0.4) is 0 Å². The monoisotopic (exact) mass is 471 g/mol. The number of morpholine rings is 1. The first kappa shape index (κ1) is 22.1. The Labute approximate surface area is 195 Å². The predicted molar refractivity (Wildman–Crippen MR) is 127 cm³/mol. The lowest BCUT2D eigenvalue weighted by molar-refractivity contribution is 0.122. The Morgan fingerprint density at radius 3 is 2.52 bits per heavy atom. The highest BCUT2D eigenvalue weighted by atomic mass is 32.2. The van der Waals surface area contributed by atoms with Gasteiger partial charge in [0.25, 0.3) is 0 Å². The van der Waals surface area contributed by atoms with Crippen molar-refractivity contribution >= 4 is 28.3 Å². The van der Waals surface area contributed by atoms with Crippen LogP contribution < -0.4 is 10.6 Å². The standard InChI is InChI=1S/C21H29N9O2S/c1-2-33(31)29-5-3-27(4-6-29)14-16-11-18-20(28-7-9-32-10-8-28)25-19(26-30(18)15-16)17-12-23-21(22)24-13-17/h11-13,15H,2-10,14H2,1H3,(H2,22,23,24). The summed E-state index contributed by atoms with van der Waals surface area (Å²) in [4.78, 5) is 17.7. The van der Waals surface area contributed by atoms with Gasteiger partial charge >= 0.3 is 0 Å². The van der Waals surface area contributed by atoms with Crippen molar-refractivity contribution in [2.75, 3.05) is 68.9 Å². The third-order valence-corrected chi connectivity index (χ3v) is 7.45. The van der Waals surface area contributed by atoms with Gasteiger partial charge < -0.3 is 15.4 Å². The van der Waals surface area contributed by atoms with E-state index in [0.717, 1.165) is 62.7 Å². The molecule has 176 valence electrons. The number of hydrogen-bond donors (Lipinski definition) is 1. The van der Waals surface area contributed by atoms with Crippen LogP contribution in [0.25, 0.3) is 16.9 Å². The fourth-order valence-corrected chi connectivity index (χ4v) is 5.18. The van der Waals surface area contributed by atoms with E-state index in [1.165, 1.54) is 5.56 Å². The number of nitrogens with zero attached hydrogens (tertiary/aromatic N) is 8. The summed E-state index contributed by atoms with van der Waals surface area (Å²) in [6.45, 7) is 9.14. The van der Waals surface area contributed by atoms with Crippen LogP contribution >= 0.6 is 0 Å². The topological polar surface area (TPSA) is 118 Å². The normalized spacial score (nSPS) is 19.2. The van der Waals surface area contributed by atoms with Gasteiger partial charge in [-0.1, -0.05) is 6.92 Å². The molecule has 2 N–H and O–H groups in total. The summed E-state index contributed by atoms with van der Waals surface area (Å²) in [5, 5.41) is 4.75. The molecule has 2 fully saturated rings. The van der Waals surface area contributed by atoms with Gasteiger partial charge in [-0.3, -0.25) is 4.90 Å². The van der Waals surface area contributed by atoms with Gasteiger partial charge in [-0.15, -0.1) is 5.10 Å². The number of piperazine rings is 1. The fraction of sp³-hybridized carbons (Fsp3) is 0.524. The molecule has 0 bridgehead atoms. The largest absolute Gasteiger partial charge is 0.378 e. The van der Waals surface area contributed by atoms with E-state index in [-0.39, 0.29) is 5.95 Å². The molecule has 0 amide bonds. The lowest BCUT2D eigenvalue weighted by Crippen LogP contribution is -2.46. The second kappa shape index (κ2) is 9.67. The Bertz CT molecular complexity index is 1120. The number of nitrogens with two attached hydrogens (primary N) is 1. The van der Waals surface area contributed by atoms with E-state index in [0.29, 0.717) is 24.8 Å². The van der Waals surface area contributed by atoms with Gasteiger partial charge in [-0.2, -0.15) is 0 Å². The molecule has 12 heteroatoms. The summed E-state index contributed by atoms with van der Waals surface area (Å²) in [7, 11) is -0.865. The highest BCUT2D eigenvalue weighted by molar-refractivity contribution is 7.82. The summed E-state index contributed by atoms with van der Waals surface area (Å²) < 4.78 is 21.6. The van der Waals surface area contributed by atoms with E-state index in [2.05, 4.69) is 36.3 Å². The number of fused-ring (bicyclic) bond motifs is 1. The summed E-state index contributed by atoms with van der Waals surface area (Å²) in [5.74, 6) is 2.34. The summed E-state index contributed by atoms with van der Waals surface area (Å²) in [6, 6.07) is 2.17. The Hall–Kier alpha value is -2.67. The minimum atomic E-state index is -0.865. The molecule has 2 aliphatic heterocycles. The molecule has 0 radical (unpaired) electrons. The van der Waals surface area contributed by atoms with Crippen LogP contribution in [0.5, 0.6) is 0 Å². The first-order chi connectivity index (χ1) is 16.1. The van der Waals surface area contributed by atoms with Gasteiger partial charge in [0.05, 0.1) is 29.8 Å². The van der Waals surface area contributed by atoms with Gasteiger partial charge in [-0.25, -0.2) is 28.0 Å². The second-order valence-electron chi connectivity index (χ2n) is 8.18. The van der Waals surface area contributed by atoms with Gasteiger partial charge in [0, 0.05) is 70.2 Å². The van der Waals surface area contributed by atoms with Crippen molar-refractivity contribution in [1.82, 2.24) is 33.8 Å². The summed E-state index contributed by atoms with van der Waals surface area (Å²) in [5.41, 5.74) is 8.52. The lowest BCUT2D eigenvalue weighted by Gasteiger charge is -2.33. The van der Waals surface area contributed by atoms with Crippen LogP contribution in [-0.4, -0.2) is 96.2 Å². The molecule has 2 aliphatic rings. The van der Waals surface area contributed by atoms with Crippen LogP contribution in [0.15, 0.2) is 24.7 Å². The number of rotatable bonds is 6. The summed E-state index contributed by atoms with van der Waals surface area (Å²) in [6.07, 6.45) is 5.37. The van der Waals surface area contributed by atoms with E-state index in [1.807, 2.05) is 11.4 Å². The molecule has 0 saturated carbocycles. The SMILES string of the molecule is CCS(=O)N1CCN(Cc2cc3c(N4CCOCC4)nc(-c4cnc(N)nc4)nn3c2)CC1. The highest BCUT2D eigenvalue weighted by Crippen LogP contribution is 2.26. The summed E-state index contributed by atoms with van der Waals surface area (Å²) >= 11 is 0. The van der Waals surface area contributed by atoms with E-state index in [4.69, 9.17) is 20.6 Å². The van der Waals surface area contributed by atoms with Crippen LogP contribution in [0.1, 0.15) is 12.5 Å². The third-order valence-electron chi connectivity index (χ3n) is 6.01. The first-order valence-corrected chi connectivity index (χ1v) is 12.5. The number of hydrogen-bond acceptors (Lipinski definition) is 9. The van der Waals surface area contributed by atoms with Crippen LogP contribution in [0, 0.1) is 0 Å². The predicted octanol–water partition coefficient (Wildman–Crippen LogP) is 0.406. The van der Waals surface area contributed by atoms with Crippen molar-refractivity contribution in [3.8, 4) is 11.4 Å². The molecule has 33 heavy (non-hydrogen) atoms. The highest BCUT2D eigenvalue weighted by Gasteiger charge is 2.23. The molecule has 0 aliphatic carbocycles. The van der Waals surface area contributed by atoms with E-state index >= 15 is 0 Å². The van der Waals surface area contributed by atoms with Gasteiger partial charge in [-0.05, 0) is 11.6 Å². The van der Waals surface area contributed by atoms with Crippen molar-refractivity contribution in [3.63, 3.8) is 0 Å². The zero-order valence-corrected chi connectivity index (χ0v) is 19.6. The van der Waals surface area contributed by atoms with Gasteiger partial charge in [0.1, 0.15) is 5.52 Å². The zero-order valence-electron chi connectivity index (χ0n) is 18.8. The molecule has 3 aromatic rings. The molecule has 11 nitrogen and oxygen atoms in total. The number of aromatic nitrogens is 5. The molecule has 2 saturated heterocycles.